The van der Waals surface area contributed by atoms with Gasteiger partial charge in [-0.2, -0.15) is 0 Å². The van der Waals surface area contributed by atoms with Gasteiger partial charge in [0.2, 0.25) is 12.7 Å². The molecule has 2 aromatic rings. The molecular formula is C16H15N3O5. The van der Waals surface area contributed by atoms with Crippen molar-refractivity contribution in [1.29, 1.82) is 0 Å². The lowest BCUT2D eigenvalue weighted by molar-refractivity contribution is -0.116. The molecule has 1 amide bonds. The summed E-state index contributed by atoms with van der Waals surface area (Å²) in [6.07, 6.45) is 0.125. The van der Waals surface area contributed by atoms with E-state index in [0.717, 1.165) is 10.1 Å². The summed E-state index contributed by atoms with van der Waals surface area (Å²) < 4.78 is 13.0. The lowest BCUT2D eigenvalue weighted by Crippen LogP contribution is -2.44. The number of fused-ring (bicyclic) bond motifs is 2. The van der Waals surface area contributed by atoms with E-state index in [1.807, 2.05) is 6.07 Å². The van der Waals surface area contributed by atoms with Crippen LogP contribution in [0.25, 0.3) is 0 Å². The maximum atomic E-state index is 12.7. The zero-order chi connectivity index (χ0) is 17.0. The van der Waals surface area contributed by atoms with Gasteiger partial charge in [0.25, 0.3) is 5.56 Å². The highest BCUT2D eigenvalue weighted by molar-refractivity contribution is 5.94. The maximum absolute atomic E-state index is 12.7. The Morgan fingerprint density at radius 3 is 2.62 bits per heavy atom. The van der Waals surface area contributed by atoms with Gasteiger partial charge in [-0.05, 0) is 17.7 Å². The van der Waals surface area contributed by atoms with Crippen LogP contribution in [0.3, 0.4) is 0 Å². The number of benzene rings is 1. The molecule has 0 radical (unpaired) electrons. The summed E-state index contributed by atoms with van der Waals surface area (Å²) in [5.74, 6) is 0.776. The van der Waals surface area contributed by atoms with Crippen LogP contribution in [0.5, 0.6) is 11.5 Å². The Morgan fingerprint density at radius 1 is 1.08 bits per heavy atom. The number of ether oxygens (including phenoxy) is 2. The topological polar surface area (TPSA) is 91.6 Å². The number of anilines is 1. The van der Waals surface area contributed by atoms with E-state index in [0.29, 0.717) is 17.1 Å². The van der Waals surface area contributed by atoms with Crippen molar-refractivity contribution in [3.05, 3.63) is 50.2 Å². The Kier molecular flexibility index (Phi) is 3.02. The Hall–Kier alpha value is -3.03. The number of hydrogen-bond donors (Lipinski definition) is 1. The number of aromatic nitrogens is 2. The summed E-state index contributed by atoms with van der Waals surface area (Å²) in [4.78, 5) is 36.9. The molecule has 0 saturated heterocycles. The third-order valence-corrected chi connectivity index (χ3v) is 4.49. The standard InChI is InChI=1S/C16H15N3O5/c1-18-14-13(15(21)19(2)16(18)22)9(6-12(20)17-14)8-3-4-10-11(5-8)24-7-23-10/h3-5,9H,6-7H2,1-2H3,(H,17,20)/t9-/m1/s1. The van der Waals surface area contributed by atoms with Crippen molar-refractivity contribution >= 4 is 11.7 Å². The largest absolute Gasteiger partial charge is 0.454 e. The van der Waals surface area contributed by atoms with Crippen LogP contribution in [0, 0.1) is 0 Å². The van der Waals surface area contributed by atoms with Crippen molar-refractivity contribution in [1.82, 2.24) is 9.13 Å². The summed E-state index contributed by atoms with van der Waals surface area (Å²) in [6, 6.07) is 5.35. The van der Waals surface area contributed by atoms with Crippen LogP contribution in [-0.4, -0.2) is 21.8 Å². The minimum absolute atomic E-state index is 0.125. The smallest absolute Gasteiger partial charge is 0.332 e. The van der Waals surface area contributed by atoms with E-state index < -0.39 is 17.2 Å². The molecule has 0 bridgehead atoms. The lowest BCUT2D eigenvalue weighted by Gasteiger charge is -2.27. The number of hydrogen-bond acceptors (Lipinski definition) is 5. The van der Waals surface area contributed by atoms with Gasteiger partial charge in [0, 0.05) is 26.4 Å². The fourth-order valence-electron chi connectivity index (χ4n) is 3.22. The number of rotatable bonds is 1. The monoisotopic (exact) mass is 329 g/mol. The summed E-state index contributed by atoms with van der Waals surface area (Å²) in [5.41, 5.74) is 0.283. The molecule has 0 aliphatic carbocycles. The summed E-state index contributed by atoms with van der Waals surface area (Å²) in [6.45, 7) is 0.150. The molecule has 24 heavy (non-hydrogen) atoms. The molecule has 2 aliphatic rings. The molecule has 4 rings (SSSR count). The number of carbonyl (C=O) groups is 1. The van der Waals surface area contributed by atoms with Gasteiger partial charge in [-0.15, -0.1) is 0 Å². The van der Waals surface area contributed by atoms with Crippen molar-refractivity contribution < 1.29 is 14.3 Å². The third-order valence-electron chi connectivity index (χ3n) is 4.49. The van der Waals surface area contributed by atoms with Crippen molar-refractivity contribution in [2.75, 3.05) is 12.1 Å². The molecule has 1 aromatic heterocycles. The third kappa shape index (κ3) is 1.96. The first kappa shape index (κ1) is 14.6. The van der Waals surface area contributed by atoms with E-state index in [1.165, 1.54) is 18.7 Å². The Bertz CT molecular complexity index is 988. The van der Waals surface area contributed by atoms with E-state index in [-0.39, 0.29) is 24.9 Å². The number of amides is 1. The molecule has 1 aromatic carbocycles. The van der Waals surface area contributed by atoms with E-state index in [4.69, 9.17) is 9.47 Å². The number of nitrogens with zero attached hydrogens (tertiary/aromatic N) is 2. The van der Waals surface area contributed by atoms with Gasteiger partial charge in [0.15, 0.2) is 11.5 Å². The van der Waals surface area contributed by atoms with Crippen LogP contribution in [0.4, 0.5) is 5.82 Å². The van der Waals surface area contributed by atoms with Crippen molar-refractivity contribution in [2.24, 2.45) is 14.1 Å². The first-order valence-electron chi connectivity index (χ1n) is 7.46. The van der Waals surface area contributed by atoms with E-state index in [9.17, 15) is 14.4 Å². The molecule has 1 N–H and O–H groups in total. The molecule has 0 spiro atoms. The molecule has 0 saturated carbocycles. The van der Waals surface area contributed by atoms with Crippen LogP contribution in [0.1, 0.15) is 23.5 Å². The molecule has 0 unspecified atom stereocenters. The molecule has 2 aliphatic heterocycles. The van der Waals surface area contributed by atoms with Gasteiger partial charge < -0.3 is 14.8 Å². The highest BCUT2D eigenvalue weighted by Crippen LogP contribution is 2.39. The van der Waals surface area contributed by atoms with Crippen molar-refractivity contribution in [3.8, 4) is 11.5 Å². The predicted octanol–water partition coefficient (Wildman–Crippen LogP) is 0.287. The molecule has 8 nitrogen and oxygen atoms in total. The van der Waals surface area contributed by atoms with Gasteiger partial charge >= 0.3 is 5.69 Å². The highest BCUT2D eigenvalue weighted by atomic mass is 16.7. The quantitative estimate of drug-likeness (QED) is 0.812. The van der Waals surface area contributed by atoms with E-state index >= 15 is 0 Å². The first-order valence-corrected chi connectivity index (χ1v) is 7.46. The minimum atomic E-state index is -0.481. The zero-order valence-electron chi connectivity index (χ0n) is 13.2. The van der Waals surface area contributed by atoms with Crippen LogP contribution >= 0.6 is 0 Å². The highest BCUT2D eigenvalue weighted by Gasteiger charge is 2.33. The first-order chi connectivity index (χ1) is 11.5. The maximum Gasteiger partial charge on any atom is 0.332 e. The molecule has 8 heteroatoms. The number of nitrogens with one attached hydrogen (secondary N) is 1. The summed E-state index contributed by atoms with van der Waals surface area (Å²) in [7, 11) is 2.96. The van der Waals surface area contributed by atoms with Crippen LogP contribution in [0.2, 0.25) is 0 Å². The molecule has 124 valence electrons. The Morgan fingerprint density at radius 2 is 1.83 bits per heavy atom. The second-order valence-corrected chi connectivity index (χ2v) is 5.89. The van der Waals surface area contributed by atoms with Crippen molar-refractivity contribution in [3.63, 3.8) is 0 Å². The van der Waals surface area contributed by atoms with E-state index in [2.05, 4.69) is 5.32 Å². The predicted molar refractivity (Wildman–Crippen MR) is 84.6 cm³/mol. The van der Waals surface area contributed by atoms with Crippen LogP contribution < -0.4 is 26.0 Å². The van der Waals surface area contributed by atoms with Crippen LogP contribution in [-0.2, 0) is 18.9 Å². The van der Waals surface area contributed by atoms with Gasteiger partial charge in [-0.3, -0.25) is 18.7 Å². The fourth-order valence-corrected chi connectivity index (χ4v) is 3.22. The zero-order valence-corrected chi connectivity index (χ0v) is 13.2. The van der Waals surface area contributed by atoms with Gasteiger partial charge in [0.05, 0.1) is 5.56 Å². The molecular weight excluding hydrogens is 314 g/mol. The average Bonchev–Trinajstić information content (AvgIpc) is 3.04. The van der Waals surface area contributed by atoms with Gasteiger partial charge in [-0.1, -0.05) is 6.07 Å². The second kappa shape index (κ2) is 4.98. The fraction of sp³-hybridized carbons (Fsp3) is 0.312. The minimum Gasteiger partial charge on any atom is -0.454 e. The van der Waals surface area contributed by atoms with Crippen LogP contribution in [0.15, 0.2) is 27.8 Å². The average molecular weight is 329 g/mol. The normalized spacial score (nSPS) is 18.2. The number of carbonyl (C=O) groups excluding carboxylic acids is 1. The summed E-state index contributed by atoms with van der Waals surface area (Å²) >= 11 is 0. The van der Waals surface area contributed by atoms with E-state index in [1.54, 1.807) is 12.1 Å². The lowest BCUT2D eigenvalue weighted by atomic mass is 9.86. The van der Waals surface area contributed by atoms with Gasteiger partial charge in [-0.25, -0.2) is 4.79 Å². The molecule has 3 heterocycles. The Labute approximate surface area is 136 Å². The SMILES string of the molecule is Cn1c2c(c(=O)n(C)c1=O)[C@@H](c1ccc3c(c1)OCO3)CC(=O)N2. The molecule has 0 fully saturated rings. The van der Waals surface area contributed by atoms with Crippen molar-refractivity contribution in [2.45, 2.75) is 12.3 Å². The summed E-state index contributed by atoms with van der Waals surface area (Å²) in [5, 5.41) is 2.64. The molecule has 1 atom stereocenters. The second-order valence-electron chi connectivity index (χ2n) is 5.89. The Balaban J connectivity index is 1.95. The van der Waals surface area contributed by atoms with Gasteiger partial charge in [0.1, 0.15) is 5.82 Å².